The topological polar surface area (TPSA) is 0 Å². The van der Waals surface area contributed by atoms with Crippen LogP contribution in [0.15, 0.2) is 0 Å². The molecule has 4 rings (SSSR count). The molecule has 0 heterocycles. The van der Waals surface area contributed by atoms with Gasteiger partial charge in [-0.15, -0.1) is 0 Å². The highest BCUT2D eigenvalue weighted by Gasteiger charge is 2.56. The number of rotatable bonds is 3. The van der Waals surface area contributed by atoms with Gasteiger partial charge in [0, 0.05) is 0 Å². The van der Waals surface area contributed by atoms with Crippen molar-refractivity contribution in [3.8, 4) is 0 Å². The Labute approximate surface area is 82.1 Å². The van der Waals surface area contributed by atoms with Crippen LogP contribution in [-0.4, -0.2) is 0 Å². The van der Waals surface area contributed by atoms with E-state index in [9.17, 15) is 0 Å². The third-order valence-electron chi connectivity index (χ3n) is 5.19. The van der Waals surface area contributed by atoms with Gasteiger partial charge in [-0.3, -0.25) is 0 Å². The van der Waals surface area contributed by atoms with Gasteiger partial charge in [0.15, 0.2) is 0 Å². The van der Waals surface area contributed by atoms with Gasteiger partial charge in [0.2, 0.25) is 0 Å². The van der Waals surface area contributed by atoms with Crippen LogP contribution in [0, 0.1) is 23.2 Å². The van der Waals surface area contributed by atoms with E-state index in [0.717, 1.165) is 17.3 Å². The highest BCUT2D eigenvalue weighted by Crippen LogP contribution is 2.67. The van der Waals surface area contributed by atoms with Crippen molar-refractivity contribution in [3.63, 3.8) is 0 Å². The van der Waals surface area contributed by atoms with Gasteiger partial charge >= 0.3 is 0 Å². The lowest BCUT2D eigenvalue weighted by atomic mass is 9.73. The van der Waals surface area contributed by atoms with Crippen LogP contribution in [0.4, 0.5) is 0 Å². The van der Waals surface area contributed by atoms with Gasteiger partial charge in [0.05, 0.1) is 0 Å². The van der Waals surface area contributed by atoms with Crippen LogP contribution in [0.3, 0.4) is 0 Å². The van der Waals surface area contributed by atoms with Crippen LogP contribution < -0.4 is 0 Å². The van der Waals surface area contributed by atoms with Crippen molar-refractivity contribution in [1.82, 2.24) is 0 Å². The van der Waals surface area contributed by atoms with E-state index < -0.39 is 0 Å². The minimum Gasteiger partial charge on any atom is -0.0654 e. The number of hydrogen-bond donors (Lipinski definition) is 0. The second-order valence-electron chi connectivity index (χ2n) is 6.01. The van der Waals surface area contributed by atoms with Gasteiger partial charge in [-0.05, 0) is 61.7 Å². The molecule has 0 radical (unpaired) electrons. The van der Waals surface area contributed by atoms with E-state index in [1.54, 1.807) is 38.5 Å². The third kappa shape index (κ3) is 1.10. The van der Waals surface area contributed by atoms with E-state index in [4.69, 9.17) is 0 Å². The molecule has 0 saturated heterocycles. The second kappa shape index (κ2) is 2.74. The predicted octanol–water partition coefficient (Wildman–Crippen LogP) is 4.00. The molecule has 13 heavy (non-hydrogen) atoms. The average molecular weight is 178 g/mol. The van der Waals surface area contributed by atoms with Gasteiger partial charge < -0.3 is 0 Å². The van der Waals surface area contributed by atoms with E-state index in [0.29, 0.717) is 0 Å². The van der Waals surface area contributed by atoms with Gasteiger partial charge in [-0.25, -0.2) is 0 Å². The Balaban J connectivity index is 1.77. The molecular formula is C13H22. The molecule has 0 aromatic carbocycles. The highest BCUT2D eigenvalue weighted by atomic mass is 14.6. The molecule has 74 valence electrons. The molecule has 0 spiro atoms. The number of unbranched alkanes of at least 4 members (excludes halogenated alkanes) is 1. The first-order chi connectivity index (χ1) is 6.32. The summed E-state index contributed by atoms with van der Waals surface area (Å²) < 4.78 is 0. The molecule has 0 aromatic heterocycles. The molecule has 0 aromatic rings. The van der Waals surface area contributed by atoms with E-state index in [1.807, 2.05) is 0 Å². The zero-order chi connectivity index (χ0) is 8.89. The minimum atomic E-state index is 0.879. The summed E-state index contributed by atoms with van der Waals surface area (Å²) in [6, 6.07) is 0. The maximum atomic E-state index is 2.34. The van der Waals surface area contributed by atoms with E-state index >= 15 is 0 Å². The first-order valence-electron chi connectivity index (χ1n) is 6.32. The summed E-state index contributed by atoms with van der Waals surface area (Å²) in [5.74, 6) is 3.49. The first kappa shape index (κ1) is 8.32. The second-order valence-corrected chi connectivity index (χ2v) is 6.01. The molecular weight excluding hydrogens is 156 g/mol. The molecule has 0 nitrogen and oxygen atoms in total. The lowest BCUT2D eigenvalue weighted by Crippen LogP contribution is -2.22. The van der Waals surface area contributed by atoms with Crippen molar-refractivity contribution in [2.24, 2.45) is 23.2 Å². The quantitative estimate of drug-likeness (QED) is 0.612. The van der Waals surface area contributed by atoms with Crippen LogP contribution in [0.5, 0.6) is 0 Å². The zero-order valence-electron chi connectivity index (χ0n) is 8.89. The third-order valence-corrected chi connectivity index (χ3v) is 5.19. The molecule has 0 amide bonds. The highest BCUT2D eigenvalue weighted by molar-refractivity contribution is 5.06. The van der Waals surface area contributed by atoms with Gasteiger partial charge in [0.25, 0.3) is 0 Å². The Kier molecular flexibility index (Phi) is 1.76. The van der Waals surface area contributed by atoms with E-state index in [2.05, 4.69) is 6.92 Å². The standard InChI is InChI=1S/C13H22/c1-2-3-4-13-8-10-5-11(9-13)7-12(13)6-10/h10-12H,2-9H2,1H3. The Morgan fingerprint density at radius 3 is 2.38 bits per heavy atom. The first-order valence-corrected chi connectivity index (χ1v) is 6.32. The molecule has 4 bridgehead atoms. The molecule has 0 heteroatoms. The summed E-state index contributed by atoms with van der Waals surface area (Å²) in [7, 11) is 0. The van der Waals surface area contributed by atoms with E-state index in [-0.39, 0.29) is 0 Å². The van der Waals surface area contributed by atoms with Crippen LogP contribution in [0.2, 0.25) is 0 Å². The predicted molar refractivity (Wildman–Crippen MR) is 55.5 cm³/mol. The van der Waals surface area contributed by atoms with E-state index in [1.165, 1.54) is 18.8 Å². The SMILES string of the molecule is CCCCC12CC3CC(CC1C3)C2. The molecule has 4 fully saturated rings. The van der Waals surface area contributed by atoms with Crippen LogP contribution in [0.25, 0.3) is 0 Å². The molecule has 4 aliphatic carbocycles. The van der Waals surface area contributed by atoms with Gasteiger partial charge in [-0.1, -0.05) is 19.8 Å². The fourth-order valence-corrected chi connectivity index (χ4v) is 4.90. The van der Waals surface area contributed by atoms with Crippen molar-refractivity contribution < 1.29 is 0 Å². The smallest absolute Gasteiger partial charge is 0.0264 e. The monoisotopic (exact) mass is 178 g/mol. The summed E-state index contributed by atoms with van der Waals surface area (Å²) in [6.45, 7) is 2.34. The molecule has 0 aliphatic heterocycles. The van der Waals surface area contributed by atoms with Crippen molar-refractivity contribution in [2.75, 3.05) is 0 Å². The molecule has 2 atom stereocenters. The van der Waals surface area contributed by atoms with Crippen molar-refractivity contribution >= 4 is 0 Å². The van der Waals surface area contributed by atoms with Gasteiger partial charge in [-0.2, -0.15) is 0 Å². The van der Waals surface area contributed by atoms with Crippen LogP contribution in [-0.2, 0) is 0 Å². The van der Waals surface area contributed by atoms with Crippen molar-refractivity contribution in [1.29, 1.82) is 0 Å². The molecule has 0 N–H and O–H groups in total. The normalized spacial score (nSPS) is 51.9. The Hall–Kier alpha value is 0. The lowest BCUT2D eigenvalue weighted by molar-refractivity contribution is 0.180. The maximum Gasteiger partial charge on any atom is -0.0264 e. The number of hydrogen-bond acceptors (Lipinski definition) is 0. The Morgan fingerprint density at radius 2 is 1.77 bits per heavy atom. The lowest BCUT2D eigenvalue weighted by Gasteiger charge is -2.32. The molecule has 4 aliphatic rings. The summed E-state index contributed by atoms with van der Waals surface area (Å²) >= 11 is 0. The molecule has 4 saturated carbocycles. The van der Waals surface area contributed by atoms with Crippen molar-refractivity contribution in [3.05, 3.63) is 0 Å². The van der Waals surface area contributed by atoms with Crippen LogP contribution in [0.1, 0.15) is 58.3 Å². The zero-order valence-corrected chi connectivity index (χ0v) is 8.89. The summed E-state index contributed by atoms with van der Waals surface area (Å²) in [5, 5.41) is 0. The summed E-state index contributed by atoms with van der Waals surface area (Å²) in [6.07, 6.45) is 12.5. The molecule has 2 unspecified atom stereocenters. The maximum absolute atomic E-state index is 2.34. The fraction of sp³-hybridized carbons (Fsp3) is 1.00. The Bertz CT molecular complexity index is 192. The largest absolute Gasteiger partial charge is 0.0654 e. The van der Waals surface area contributed by atoms with Crippen LogP contribution >= 0.6 is 0 Å². The minimum absolute atomic E-state index is 0.879. The van der Waals surface area contributed by atoms with Gasteiger partial charge in [0.1, 0.15) is 0 Å². The summed E-state index contributed by atoms with van der Waals surface area (Å²) in [5.41, 5.74) is 0.879. The van der Waals surface area contributed by atoms with Crippen molar-refractivity contribution in [2.45, 2.75) is 58.3 Å². The fourth-order valence-electron chi connectivity index (χ4n) is 4.90. The summed E-state index contributed by atoms with van der Waals surface area (Å²) in [4.78, 5) is 0. The Morgan fingerprint density at radius 1 is 1.08 bits per heavy atom. The average Bonchev–Trinajstić information content (AvgIpc) is 2.49.